The van der Waals surface area contributed by atoms with Crippen molar-refractivity contribution in [3.8, 4) is 0 Å². The van der Waals surface area contributed by atoms with Crippen LogP contribution in [-0.4, -0.2) is 64.7 Å². The highest BCUT2D eigenvalue weighted by Crippen LogP contribution is 2.33. The molecular formula is C9H12N2O5. The van der Waals surface area contributed by atoms with Crippen LogP contribution in [0.25, 0.3) is 0 Å². The highest BCUT2D eigenvalue weighted by atomic mass is 16.6. The van der Waals surface area contributed by atoms with Crippen molar-refractivity contribution in [3.63, 3.8) is 0 Å². The number of aliphatic hydroxyl groups is 2. The van der Waals surface area contributed by atoms with Crippen molar-refractivity contribution in [2.45, 2.75) is 31.0 Å². The Morgan fingerprint density at radius 3 is 3.12 bits per heavy atom. The molecule has 4 atom stereocenters. The maximum absolute atomic E-state index is 11.1. The summed E-state index contributed by atoms with van der Waals surface area (Å²) in [6.45, 7) is 0.223. The third kappa shape index (κ3) is 1.25. The van der Waals surface area contributed by atoms with Gasteiger partial charge in [-0.2, -0.15) is 4.99 Å². The third-order valence-electron chi connectivity index (χ3n) is 3.07. The van der Waals surface area contributed by atoms with Crippen LogP contribution in [0.15, 0.2) is 4.99 Å². The van der Waals surface area contributed by atoms with Gasteiger partial charge in [-0.25, -0.2) is 0 Å². The Morgan fingerprint density at radius 2 is 2.38 bits per heavy atom. The van der Waals surface area contributed by atoms with Crippen LogP contribution in [-0.2, 0) is 14.3 Å². The average Bonchev–Trinajstić information content (AvgIpc) is 2.75. The fraction of sp³-hybridized carbons (Fsp3) is 0.778. The Bertz CT molecular complexity index is 358. The van der Waals surface area contributed by atoms with Gasteiger partial charge in [0, 0.05) is 13.0 Å². The van der Waals surface area contributed by atoms with Crippen molar-refractivity contribution >= 4 is 11.9 Å². The molecule has 0 unspecified atom stereocenters. The highest BCUT2D eigenvalue weighted by Gasteiger charge is 2.54. The predicted molar refractivity (Wildman–Crippen MR) is 50.4 cm³/mol. The normalized spacial score (nSPS) is 41.5. The molecule has 0 spiro atoms. The van der Waals surface area contributed by atoms with Crippen molar-refractivity contribution in [1.29, 1.82) is 0 Å². The van der Waals surface area contributed by atoms with Gasteiger partial charge in [0.05, 0.1) is 6.61 Å². The number of carbonyl (C=O) groups excluding carboxylic acids is 1. The first-order valence-corrected chi connectivity index (χ1v) is 5.20. The van der Waals surface area contributed by atoms with Crippen LogP contribution in [0.3, 0.4) is 0 Å². The molecule has 3 heterocycles. The Morgan fingerprint density at radius 1 is 1.56 bits per heavy atom. The van der Waals surface area contributed by atoms with Crippen LogP contribution in [0.4, 0.5) is 0 Å². The summed E-state index contributed by atoms with van der Waals surface area (Å²) in [5, 5.41) is 18.8. The number of hydrogen-bond acceptors (Lipinski definition) is 6. The number of aliphatic hydroxyl groups excluding tert-OH is 2. The standard InChI is InChI=1S/C9H12N2O5/c12-3-4-6(14)7-8(15-4)11-2-1-5(13)10-9(11)16-7/h4,6-8,12,14H,1-3H2/t4-,6-,7+,8-/m1/s1. The van der Waals surface area contributed by atoms with Crippen LogP contribution in [0.5, 0.6) is 0 Å². The molecule has 16 heavy (non-hydrogen) atoms. The van der Waals surface area contributed by atoms with Crippen LogP contribution < -0.4 is 0 Å². The number of aliphatic imine (C=N–C) groups is 1. The molecule has 0 saturated carbocycles. The quantitative estimate of drug-likeness (QED) is 0.542. The largest absolute Gasteiger partial charge is 0.454 e. The first-order valence-electron chi connectivity index (χ1n) is 5.20. The molecule has 0 aromatic heterocycles. The molecule has 7 nitrogen and oxygen atoms in total. The Hall–Kier alpha value is -1.18. The molecule has 1 amide bonds. The lowest BCUT2D eigenvalue weighted by molar-refractivity contribution is -0.119. The molecule has 0 bridgehead atoms. The van der Waals surface area contributed by atoms with E-state index in [1.165, 1.54) is 0 Å². The van der Waals surface area contributed by atoms with Gasteiger partial charge in [0.25, 0.3) is 11.9 Å². The number of nitrogens with zero attached hydrogens (tertiary/aromatic N) is 2. The summed E-state index contributed by atoms with van der Waals surface area (Å²) in [4.78, 5) is 16.5. The van der Waals surface area contributed by atoms with E-state index in [2.05, 4.69) is 4.99 Å². The topological polar surface area (TPSA) is 91.6 Å². The van der Waals surface area contributed by atoms with Gasteiger partial charge in [0.1, 0.15) is 12.2 Å². The molecule has 3 rings (SSSR count). The molecule has 0 radical (unpaired) electrons. The minimum Gasteiger partial charge on any atom is -0.454 e. The summed E-state index contributed by atoms with van der Waals surface area (Å²) in [7, 11) is 0. The zero-order chi connectivity index (χ0) is 11.3. The third-order valence-corrected chi connectivity index (χ3v) is 3.07. The minimum absolute atomic E-state index is 0.223. The smallest absolute Gasteiger partial charge is 0.297 e. The average molecular weight is 228 g/mol. The van der Waals surface area contributed by atoms with Crippen LogP contribution in [0.1, 0.15) is 6.42 Å². The van der Waals surface area contributed by atoms with E-state index in [1.54, 1.807) is 4.90 Å². The Kier molecular flexibility index (Phi) is 2.13. The van der Waals surface area contributed by atoms with Crippen molar-refractivity contribution in [2.24, 2.45) is 4.99 Å². The van der Waals surface area contributed by atoms with Gasteiger partial charge in [-0.05, 0) is 0 Å². The Labute approximate surface area is 91.3 Å². The molecule has 2 fully saturated rings. The lowest BCUT2D eigenvalue weighted by Crippen LogP contribution is -2.40. The van der Waals surface area contributed by atoms with Gasteiger partial charge < -0.3 is 19.7 Å². The number of amides is 1. The van der Waals surface area contributed by atoms with Gasteiger partial charge in [-0.3, -0.25) is 9.69 Å². The lowest BCUT2D eigenvalue weighted by Gasteiger charge is -2.24. The molecule has 7 heteroatoms. The van der Waals surface area contributed by atoms with E-state index in [4.69, 9.17) is 14.6 Å². The number of hydrogen-bond donors (Lipinski definition) is 2. The number of carbonyl (C=O) groups is 1. The van der Waals surface area contributed by atoms with E-state index in [0.717, 1.165) is 0 Å². The summed E-state index contributed by atoms with van der Waals surface area (Å²) in [5.74, 6) is -0.223. The maximum Gasteiger partial charge on any atom is 0.297 e. The SMILES string of the molecule is O=C1CCN2C(=N1)O[C@H]1[C@H](O)[C@@H](CO)O[C@H]12. The molecule has 88 valence electrons. The van der Waals surface area contributed by atoms with Crippen molar-refractivity contribution < 1.29 is 24.5 Å². The van der Waals surface area contributed by atoms with Crippen molar-refractivity contribution in [2.75, 3.05) is 13.2 Å². The first kappa shape index (κ1) is 10.0. The van der Waals surface area contributed by atoms with E-state index < -0.39 is 24.5 Å². The zero-order valence-corrected chi connectivity index (χ0v) is 8.44. The Balaban J connectivity index is 1.85. The summed E-state index contributed by atoms with van der Waals surface area (Å²) >= 11 is 0. The first-order chi connectivity index (χ1) is 7.70. The molecule has 0 aromatic carbocycles. The summed E-state index contributed by atoms with van der Waals surface area (Å²) in [6.07, 6.45) is -2.22. The minimum atomic E-state index is -0.890. The number of ether oxygens (including phenoxy) is 2. The number of rotatable bonds is 1. The number of amidine groups is 1. The summed E-state index contributed by atoms with van der Waals surface area (Å²) in [5.41, 5.74) is 0. The van der Waals surface area contributed by atoms with Gasteiger partial charge in [-0.1, -0.05) is 0 Å². The molecule has 2 N–H and O–H groups in total. The van der Waals surface area contributed by atoms with Crippen LogP contribution in [0, 0.1) is 0 Å². The molecule has 2 saturated heterocycles. The second-order valence-electron chi connectivity index (χ2n) is 4.05. The van der Waals surface area contributed by atoms with E-state index in [-0.39, 0.29) is 18.5 Å². The van der Waals surface area contributed by atoms with E-state index in [1.807, 2.05) is 0 Å². The molecule has 0 aliphatic carbocycles. The van der Waals surface area contributed by atoms with Gasteiger partial charge in [0.15, 0.2) is 12.3 Å². The van der Waals surface area contributed by atoms with Gasteiger partial charge in [-0.15, -0.1) is 0 Å². The van der Waals surface area contributed by atoms with Crippen LogP contribution >= 0.6 is 0 Å². The second-order valence-corrected chi connectivity index (χ2v) is 4.05. The number of fused-ring (bicyclic) bond motifs is 3. The van der Waals surface area contributed by atoms with Crippen molar-refractivity contribution in [3.05, 3.63) is 0 Å². The molecular weight excluding hydrogens is 216 g/mol. The van der Waals surface area contributed by atoms with Crippen molar-refractivity contribution in [1.82, 2.24) is 4.90 Å². The van der Waals surface area contributed by atoms with Gasteiger partial charge in [0.2, 0.25) is 0 Å². The lowest BCUT2D eigenvalue weighted by atomic mass is 10.1. The van der Waals surface area contributed by atoms with Gasteiger partial charge >= 0.3 is 0 Å². The molecule has 0 aromatic rings. The highest BCUT2D eigenvalue weighted by molar-refractivity contribution is 5.93. The fourth-order valence-electron chi connectivity index (χ4n) is 2.24. The second kappa shape index (κ2) is 3.41. The van der Waals surface area contributed by atoms with Crippen LogP contribution in [0.2, 0.25) is 0 Å². The van der Waals surface area contributed by atoms with E-state index in [0.29, 0.717) is 13.0 Å². The molecule has 3 aliphatic heterocycles. The van der Waals surface area contributed by atoms with E-state index in [9.17, 15) is 9.90 Å². The summed E-state index contributed by atoms with van der Waals surface area (Å²) < 4.78 is 10.8. The fourth-order valence-corrected chi connectivity index (χ4v) is 2.24. The van der Waals surface area contributed by atoms with E-state index >= 15 is 0 Å². The summed E-state index contributed by atoms with van der Waals surface area (Å²) in [6, 6.07) is 0.224. The molecule has 3 aliphatic rings. The monoisotopic (exact) mass is 228 g/mol. The zero-order valence-electron chi connectivity index (χ0n) is 8.44. The maximum atomic E-state index is 11.1. The predicted octanol–water partition coefficient (Wildman–Crippen LogP) is -1.95.